The summed E-state index contributed by atoms with van der Waals surface area (Å²) in [7, 11) is 0. The Bertz CT molecular complexity index is 1110. The van der Waals surface area contributed by atoms with Crippen molar-refractivity contribution in [3.05, 3.63) is 76.5 Å². The van der Waals surface area contributed by atoms with Crippen molar-refractivity contribution in [2.75, 3.05) is 5.32 Å². The van der Waals surface area contributed by atoms with Gasteiger partial charge in [-0.05, 0) is 62.9 Å². The highest BCUT2D eigenvalue weighted by atomic mass is 15.3. The fraction of sp³-hybridized carbons (Fsp3) is 0.273. The summed E-state index contributed by atoms with van der Waals surface area (Å²) in [6.07, 6.45) is 6.01. The summed E-state index contributed by atoms with van der Waals surface area (Å²) in [5.41, 5.74) is 10.2. The molecule has 1 N–H and O–H groups in total. The summed E-state index contributed by atoms with van der Waals surface area (Å²) in [6, 6.07) is 8.55. The Hall–Kier alpha value is -3.08. The van der Waals surface area contributed by atoms with Gasteiger partial charge in [0.25, 0.3) is 0 Å². The zero-order chi connectivity index (χ0) is 19.1. The van der Waals surface area contributed by atoms with Gasteiger partial charge >= 0.3 is 0 Å². The van der Waals surface area contributed by atoms with Crippen LogP contribution in [0.1, 0.15) is 33.6 Å². The molecule has 5 nitrogen and oxygen atoms in total. The van der Waals surface area contributed by atoms with Crippen LogP contribution < -0.4 is 5.32 Å². The normalized spacial score (nSPS) is 11.3. The van der Waals surface area contributed by atoms with Gasteiger partial charge in [-0.15, -0.1) is 0 Å². The molecule has 0 radical (unpaired) electrons. The van der Waals surface area contributed by atoms with E-state index in [1.807, 2.05) is 17.1 Å². The van der Waals surface area contributed by atoms with Crippen LogP contribution in [0.5, 0.6) is 0 Å². The predicted molar refractivity (Wildman–Crippen MR) is 110 cm³/mol. The minimum atomic E-state index is 0.765. The maximum atomic E-state index is 4.78. The molecule has 0 saturated heterocycles. The predicted octanol–water partition coefficient (Wildman–Crippen LogP) is 4.67. The SMILES string of the molecule is Cc1cnn(-c2cc(NCc3c(C)cccc3C)c3nc(C)c(C)n3c2)c1. The Morgan fingerprint density at radius 1 is 1.00 bits per heavy atom. The first-order valence-corrected chi connectivity index (χ1v) is 9.24. The van der Waals surface area contributed by atoms with Crippen molar-refractivity contribution in [2.45, 2.75) is 41.2 Å². The second-order valence-corrected chi connectivity index (χ2v) is 7.27. The molecule has 1 aromatic carbocycles. The summed E-state index contributed by atoms with van der Waals surface area (Å²) >= 11 is 0. The van der Waals surface area contributed by atoms with Crippen molar-refractivity contribution >= 4 is 11.3 Å². The van der Waals surface area contributed by atoms with Gasteiger partial charge in [0.2, 0.25) is 0 Å². The van der Waals surface area contributed by atoms with Crippen LogP contribution in [0, 0.1) is 34.6 Å². The smallest absolute Gasteiger partial charge is 0.160 e. The third-order valence-electron chi connectivity index (χ3n) is 5.26. The molecule has 0 saturated carbocycles. The third kappa shape index (κ3) is 3.10. The first-order chi connectivity index (χ1) is 12.9. The Labute approximate surface area is 159 Å². The number of aromatic nitrogens is 4. The van der Waals surface area contributed by atoms with Crippen molar-refractivity contribution < 1.29 is 0 Å². The Morgan fingerprint density at radius 2 is 1.74 bits per heavy atom. The minimum Gasteiger partial charge on any atom is -0.378 e. The summed E-state index contributed by atoms with van der Waals surface area (Å²) < 4.78 is 4.06. The van der Waals surface area contributed by atoms with Crippen molar-refractivity contribution in [2.24, 2.45) is 0 Å². The molecule has 0 aliphatic carbocycles. The molecule has 3 aromatic heterocycles. The van der Waals surface area contributed by atoms with E-state index in [-0.39, 0.29) is 0 Å². The average molecular weight is 359 g/mol. The largest absolute Gasteiger partial charge is 0.378 e. The van der Waals surface area contributed by atoms with Crippen molar-refractivity contribution in [1.29, 1.82) is 0 Å². The van der Waals surface area contributed by atoms with Gasteiger partial charge in [0.05, 0.1) is 23.3 Å². The van der Waals surface area contributed by atoms with E-state index < -0.39 is 0 Å². The van der Waals surface area contributed by atoms with Gasteiger partial charge in [-0.2, -0.15) is 5.10 Å². The van der Waals surface area contributed by atoms with Gasteiger partial charge in [0, 0.05) is 24.6 Å². The zero-order valence-corrected chi connectivity index (χ0v) is 16.5. The molecular weight excluding hydrogens is 334 g/mol. The van der Waals surface area contributed by atoms with Crippen LogP contribution in [-0.4, -0.2) is 19.2 Å². The molecule has 0 spiro atoms. The minimum absolute atomic E-state index is 0.765. The van der Waals surface area contributed by atoms with Gasteiger partial charge in [-0.3, -0.25) is 0 Å². The first kappa shape index (κ1) is 17.3. The van der Waals surface area contributed by atoms with E-state index in [1.165, 1.54) is 16.7 Å². The van der Waals surface area contributed by atoms with Crippen LogP contribution in [0.4, 0.5) is 5.69 Å². The van der Waals surface area contributed by atoms with Gasteiger partial charge in [-0.1, -0.05) is 18.2 Å². The number of hydrogen-bond donors (Lipinski definition) is 1. The lowest BCUT2D eigenvalue weighted by Crippen LogP contribution is -2.07. The maximum Gasteiger partial charge on any atom is 0.160 e. The van der Waals surface area contributed by atoms with E-state index in [1.54, 1.807) is 0 Å². The molecule has 27 heavy (non-hydrogen) atoms. The maximum absolute atomic E-state index is 4.78. The fourth-order valence-electron chi connectivity index (χ4n) is 3.48. The molecule has 0 amide bonds. The molecule has 4 aromatic rings. The van der Waals surface area contributed by atoms with Gasteiger partial charge < -0.3 is 9.72 Å². The quantitative estimate of drug-likeness (QED) is 0.576. The average Bonchev–Trinajstić information content (AvgIpc) is 3.19. The van der Waals surface area contributed by atoms with Crippen LogP contribution in [0.3, 0.4) is 0 Å². The molecule has 3 heterocycles. The van der Waals surface area contributed by atoms with Crippen LogP contribution in [0.15, 0.2) is 42.9 Å². The number of benzene rings is 1. The lowest BCUT2D eigenvalue weighted by Gasteiger charge is -2.14. The van der Waals surface area contributed by atoms with Crippen LogP contribution in [-0.2, 0) is 6.54 Å². The monoisotopic (exact) mass is 359 g/mol. The highest BCUT2D eigenvalue weighted by Gasteiger charge is 2.13. The van der Waals surface area contributed by atoms with Crippen LogP contribution in [0.2, 0.25) is 0 Å². The van der Waals surface area contributed by atoms with Gasteiger partial charge in [0.1, 0.15) is 0 Å². The molecule has 5 heteroatoms. The Balaban J connectivity index is 1.80. The molecule has 138 valence electrons. The number of fused-ring (bicyclic) bond motifs is 1. The molecule has 0 bridgehead atoms. The molecule has 0 fully saturated rings. The number of nitrogens with zero attached hydrogens (tertiary/aromatic N) is 4. The fourth-order valence-corrected chi connectivity index (χ4v) is 3.48. The lowest BCUT2D eigenvalue weighted by atomic mass is 10.0. The molecule has 0 aliphatic heterocycles. The first-order valence-electron chi connectivity index (χ1n) is 9.24. The Morgan fingerprint density at radius 3 is 2.41 bits per heavy atom. The second kappa shape index (κ2) is 6.58. The number of rotatable bonds is 4. The second-order valence-electron chi connectivity index (χ2n) is 7.27. The standard InChI is InChI=1S/C22H25N5/c1-14-10-24-27(12-14)19-9-21(22-25-17(4)18(5)26(22)13-19)23-11-20-15(2)7-6-8-16(20)3/h6-10,12-13,23H,11H2,1-5H3. The number of hydrogen-bond acceptors (Lipinski definition) is 3. The summed E-state index contributed by atoms with van der Waals surface area (Å²) in [4.78, 5) is 4.78. The summed E-state index contributed by atoms with van der Waals surface area (Å²) in [5, 5.41) is 8.09. The van der Waals surface area contributed by atoms with Gasteiger partial charge in [0.15, 0.2) is 5.65 Å². The number of anilines is 1. The van der Waals surface area contributed by atoms with E-state index >= 15 is 0 Å². The van der Waals surface area contributed by atoms with E-state index in [2.05, 4.69) is 79.9 Å². The van der Waals surface area contributed by atoms with Crippen molar-refractivity contribution in [3.8, 4) is 5.69 Å². The summed E-state index contributed by atoms with van der Waals surface area (Å²) in [5.74, 6) is 0. The molecular formula is C22H25N5. The van der Waals surface area contributed by atoms with E-state index in [4.69, 9.17) is 4.98 Å². The van der Waals surface area contributed by atoms with E-state index in [0.29, 0.717) is 0 Å². The number of imidazole rings is 1. The molecule has 0 atom stereocenters. The molecule has 0 unspecified atom stereocenters. The third-order valence-corrected chi connectivity index (χ3v) is 5.26. The van der Waals surface area contributed by atoms with Crippen LogP contribution >= 0.6 is 0 Å². The van der Waals surface area contributed by atoms with Crippen molar-refractivity contribution in [3.63, 3.8) is 0 Å². The number of pyridine rings is 1. The number of aryl methyl sites for hydroxylation is 5. The highest BCUT2D eigenvalue weighted by molar-refractivity contribution is 5.71. The highest BCUT2D eigenvalue weighted by Crippen LogP contribution is 2.25. The topological polar surface area (TPSA) is 47.2 Å². The van der Waals surface area contributed by atoms with E-state index in [9.17, 15) is 0 Å². The van der Waals surface area contributed by atoms with E-state index in [0.717, 1.165) is 40.5 Å². The van der Waals surface area contributed by atoms with Gasteiger partial charge in [-0.25, -0.2) is 9.67 Å². The van der Waals surface area contributed by atoms with Crippen LogP contribution in [0.25, 0.3) is 11.3 Å². The molecule has 0 aliphatic rings. The molecule has 4 rings (SSSR count). The Kier molecular flexibility index (Phi) is 4.22. The zero-order valence-electron chi connectivity index (χ0n) is 16.5. The van der Waals surface area contributed by atoms with Crippen molar-refractivity contribution in [1.82, 2.24) is 19.2 Å². The summed E-state index contributed by atoms with van der Waals surface area (Å²) in [6.45, 7) is 11.3. The number of nitrogens with one attached hydrogen (secondary N) is 1. The lowest BCUT2D eigenvalue weighted by molar-refractivity contribution is 0.867.